The molecule has 0 N–H and O–H groups in total. The number of ether oxygens (including phenoxy) is 1. The number of carbonyl (C=O) groups is 1. The van der Waals surface area contributed by atoms with Crippen molar-refractivity contribution in [3.63, 3.8) is 0 Å². The fraction of sp³-hybridized carbons (Fsp3) is 0.417. The topological polar surface area (TPSA) is 42.4 Å². The molecule has 1 atom stereocenters. The van der Waals surface area contributed by atoms with Crippen LogP contribution >= 0.6 is 34.9 Å². The van der Waals surface area contributed by atoms with Gasteiger partial charge >= 0.3 is 0 Å². The van der Waals surface area contributed by atoms with E-state index in [1.807, 2.05) is 16.7 Å². The Balaban J connectivity index is 1.44. The molecule has 0 radical (unpaired) electrons. The second kappa shape index (κ2) is 10.9. The minimum absolute atomic E-state index is 0.109. The van der Waals surface area contributed by atoms with Crippen LogP contribution in [0.15, 0.2) is 52.3 Å². The van der Waals surface area contributed by atoms with Gasteiger partial charge in [-0.1, -0.05) is 35.1 Å². The number of hydrogen-bond acceptors (Lipinski definition) is 6. The monoisotopic (exact) mass is 472 g/mol. The van der Waals surface area contributed by atoms with E-state index in [4.69, 9.17) is 9.72 Å². The number of hydrogen-bond donors (Lipinski definition) is 0. The Morgan fingerprint density at radius 3 is 2.84 bits per heavy atom. The number of aryl methyl sites for hydroxylation is 1. The number of thioether (sulfide) groups is 2. The number of thiazole rings is 1. The van der Waals surface area contributed by atoms with Crippen LogP contribution in [0.5, 0.6) is 0 Å². The van der Waals surface area contributed by atoms with E-state index >= 15 is 0 Å². The largest absolute Gasteiger partial charge is 0.376 e. The van der Waals surface area contributed by atoms with Crippen molar-refractivity contribution in [1.82, 2.24) is 4.98 Å². The summed E-state index contributed by atoms with van der Waals surface area (Å²) in [6.45, 7) is 3.48. The third-order valence-electron chi connectivity index (χ3n) is 5.36. The van der Waals surface area contributed by atoms with Crippen molar-refractivity contribution in [2.75, 3.05) is 30.1 Å². The molecular formula is C24H28N2O2S3. The second-order valence-electron chi connectivity index (χ2n) is 7.71. The molecule has 1 aromatic heterocycles. The molecular weight excluding hydrogens is 444 g/mol. The maximum absolute atomic E-state index is 13.2. The summed E-state index contributed by atoms with van der Waals surface area (Å²) in [4.78, 5) is 22.4. The lowest BCUT2D eigenvalue weighted by Gasteiger charge is -2.23. The number of benzene rings is 2. The first-order valence-electron chi connectivity index (χ1n) is 10.7. The van der Waals surface area contributed by atoms with Gasteiger partial charge in [0.15, 0.2) is 5.13 Å². The Morgan fingerprint density at radius 1 is 1.26 bits per heavy atom. The predicted molar refractivity (Wildman–Crippen MR) is 134 cm³/mol. The summed E-state index contributed by atoms with van der Waals surface area (Å²) in [6, 6.07) is 14.8. The zero-order valence-electron chi connectivity index (χ0n) is 18.0. The van der Waals surface area contributed by atoms with Gasteiger partial charge < -0.3 is 4.74 Å². The highest BCUT2D eigenvalue weighted by molar-refractivity contribution is 7.99. The highest BCUT2D eigenvalue weighted by Gasteiger charge is 2.26. The van der Waals surface area contributed by atoms with Crippen LogP contribution in [-0.2, 0) is 9.53 Å². The molecule has 2 aromatic carbocycles. The molecule has 4 rings (SSSR count). The molecule has 0 bridgehead atoms. The lowest BCUT2D eigenvalue weighted by molar-refractivity contribution is -0.119. The first-order valence-corrected chi connectivity index (χ1v) is 13.7. The van der Waals surface area contributed by atoms with Crippen molar-refractivity contribution in [2.45, 2.75) is 48.5 Å². The molecule has 2 heterocycles. The number of aromatic nitrogens is 1. The molecule has 7 heteroatoms. The van der Waals surface area contributed by atoms with Gasteiger partial charge in [0.05, 0.1) is 22.9 Å². The van der Waals surface area contributed by atoms with Crippen LogP contribution in [0, 0.1) is 6.92 Å². The van der Waals surface area contributed by atoms with Crippen molar-refractivity contribution in [2.24, 2.45) is 0 Å². The average Bonchev–Trinajstić information content (AvgIpc) is 3.45. The van der Waals surface area contributed by atoms with Crippen LogP contribution in [0.3, 0.4) is 0 Å². The van der Waals surface area contributed by atoms with Gasteiger partial charge in [0, 0.05) is 22.8 Å². The number of carbonyl (C=O) groups excluding carboxylic acids is 1. The van der Waals surface area contributed by atoms with E-state index in [1.54, 1.807) is 23.1 Å². The number of rotatable bonds is 9. The van der Waals surface area contributed by atoms with Gasteiger partial charge in [-0.3, -0.25) is 9.69 Å². The van der Waals surface area contributed by atoms with Gasteiger partial charge in [0.25, 0.3) is 0 Å². The third kappa shape index (κ3) is 5.83. The predicted octanol–water partition coefficient (Wildman–Crippen LogP) is 6.41. The molecule has 1 amide bonds. The van der Waals surface area contributed by atoms with Crippen LogP contribution in [0.4, 0.5) is 5.13 Å². The van der Waals surface area contributed by atoms with Crippen molar-refractivity contribution in [3.8, 4) is 0 Å². The van der Waals surface area contributed by atoms with E-state index in [1.165, 1.54) is 10.5 Å². The van der Waals surface area contributed by atoms with E-state index in [0.717, 1.165) is 51.9 Å². The van der Waals surface area contributed by atoms with Crippen LogP contribution in [0.2, 0.25) is 0 Å². The number of para-hydroxylation sites is 1. The molecule has 164 valence electrons. The number of amides is 1. The maximum Gasteiger partial charge on any atom is 0.228 e. The van der Waals surface area contributed by atoms with Crippen molar-refractivity contribution >= 4 is 56.1 Å². The minimum atomic E-state index is 0.109. The summed E-state index contributed by atoms with van der Waals surface area (Å²) in [6.07, 6.45) is 5.62. The molecule has 4 nitrogen and oxygen atoms in total. The zero-order chi connectivity index (χ0) is 21.6. The van der Waals surface area contributed by atoms with E-state index in [-0.39, 0.29) is 12.0 Å². The fourth-order valence-electron chi connectivity index (χ4n) is 3.65. The summed E-state index contributed by atoms with van der Waals surface area (Å²) in [5, 5.41) is 0.795. The SMILES string of the molecule is CSc1cccc2sc(N(CC3CCCO3)C(=O)CCCSc3ccc(C)cc3)nc12. The van der Waals surface area contributed by atoms with E-state index < -0.39 is 0 Å². The van der Waals surface area contributed by atoms with Gasteiger partial charge in [-0.15, -0.1) is 23.5 Å². The Bertz CT molecular complexity index is 1010. The Kier molecular flexibility index (Phi) is 7.93. The van der Waals surface area contributed by atoms with E-state index in [0.29, 0.717) is 13.0 Å². The van der Waals surface area contributed by atoms with Gasteiger partial charge in [0.1, 0.15) is 0 Å². The molecule has 3 aromatic rings. The number of nitrogens with zero attached hydrogens (tertiary/aromatic N) is 2. The minimum Gasteiger partial charge on any atom is -0.376 e. The Hall–Kier alpha value is -1.54. The van der Waals surface area contributed by atoms with Crippen LogP contribution < -0.4 is 4.90 Å². The molecule has 1 fully saturated rings. The van der Waals surface area contributed by atoms with Gasteiger partial charge in [-0.25, -0.2) is 4.98 Å². The quantitative estimate of drug-likeness (QED) is 0.266. The fourth-order valence-corrected chi connectivity index (χ4v) is 6.15. The lowest BCUT2D eigenvalue weighted by atomic mass is 10.2. The van der Waals surface area contributed by atoms with Crippen molar-refractivity contribution in [3.05, 3.63) is 48.0 Å². The van der Waals surface area contributed by atoms with Gasteiger partial charge in [-0.05, 0) is 62.5 Å². The molecule has 1 saturated heterocycles. The highest BCUT2D eigenvalue weighted by atomic mass is 32.2. The Labute approximate surface area is 196 Å². The molecule has 0 saturated carbocycles. The average molecular weight is 473 g/mol. The van der Waals surface area contributed by atoms with Gasteiger partial charge in [-0.2, -0.15) is 0 Å². The molecule has 31 heavy (non-hydrogen) atoms. The van der Waals surface area contributed by atoms with E-state index in [9.17, 15) is 4.79 Å². The second-order valence-corrected chi connectivity index (χ2v) is 10.7. The molecule has 0 aliphatic carbocycles. The summed E-state index contributed by atoms with van der Waals surface area (Å²) in [5.74, 6) is 1.07. The first kappa shape index (κ1) is 22.6. The van der Waals surface area contributed by atoms with E-state index in [2.05, 4.69) is 55.6 Å². The molecule has 1 unspecified atom stereocenters. The smallest absolute Gasteiger partial charge is 0.228 e. The van der Waals surface area contributed by atoms with Crippen molar-refractivity contribution in [1.29, 1.82) is 0 Å². The highest BCUT2D eigenvalue weighted by Crippen LogP contribution is 2.35. The van der Waals surface area contributed by atoms with Crippen LogP contribution in [-0.4, -0.2) is 42.2 Å². The summed E-state index contributed by atoms with van der Waals surface area (Å²) >= 11 is 5.11. The maximum atomic E-state index is 13.2. The van der Waals surface area contributed by atoms with Crippen LogP contribution in [0.25, 0.3) is 10.2 Å². The summed E-state index contributed by atoms with van der Waals surface area (Å²) in [7, 11) is 0. The first-order chi connectivity index (χ1) is 15.1. The standard InChI is InChI=1S/C24H28N2O2S3/c1-17-10-12-19(13-11-17)30-15-5-9-22(27)26(16-18-6-4-14-28-18)24-25-23-20(29-2)7-3-8-21(23)31-24/h3,7-8,10-13,18H,4-6,9,14-16H2,1-2H3. The lowest BCUT2D eigenvalue weighted by Crippen LogP contribution is -2.37. The zero-order valence-corrected chi connectivity index (χ0v) is 20.5. The van der Waals surface area contributed by atoms with Crippen LogP contribution in [0.1, 0.15) is 31.2 Å². The molecule has 1 aliphatic rings. The molecule has 1 aliphatic heterocycles. The molecule has 0 spiro atoms. The summed E-state index contributed by atoms with van der Waals surface area (Å²) < 4.78 is 6.97. The summed E-state index contributed by atoms with van der Waals surface area (Å²) in [5.41, 5.74) is 2.26. The Morgan fingerprint density at radius 2 is 2.10 bits per heavy atom. The van der Waals surface area contributed by atoms with Gasteiger partial charge in [0.2, 0.25) is 5.91 Å². The normalized spacial score (nSPS) is 16.1. The third-order valence-corrected chi connectivity index (χ3v) is 8.27. The van der Waals surface area contributed by atoms with Crippen molar-refractivity contribution < 1.29 is 9.53 Å². The number of anilines is 1. The number of fused-ring (bicyclic) bond motifs is 1.